The first kappa shape index (κ1) is 25.8. The Morgan fingerprint density at radius 1 is 0.356 bits per heavy atom. The Labute approximate surface area is 262 Å². The summed E-state index contributed by atoms with van der Waals surface area (Å²) < 4.78 is 8.87. The number of furan rings is 1. The van der Waals surface area contributed by atoms with Crippen LogP contribution >= 0.6 is 0 Å². The van der Waals surface area contributed by atoms with Crippen LogP contribution in [-0.2, 0) is 0 Å². The van der Waals surface area contributed by atoms with Crippen LogP contribution in [0.4, 0.5) is 0 Å². The maximum Gasteiger partial charge on any atom is 0.135 e. The molecule has 0 amide bonds. The minimum atomic E-state index is -2.66. The number of para-hydroxylation sites is 2. The summed E-state index contributed by atoms with van der Waals surface area (Å²) in [6.07, 6.45) is 0. The quantitative estimate of drug-likeness (QED) is 0.146. The highest BCUT2D eigenvalue weighted by molar-refractivity contribution is 7.20. The van der Waals surface area contributed by atoms with Crippen molar-refractivity contribution in [3.05, 3.63) is 176 Å². The second-order valence-electron chi connectivity index (χ2n) is 11.7. The van der Waals surface area contributed by atoms with Gasteiger partial charge in [0.15, 0.2) is 0 Å². The zero-order valence-electron chi connectivity index (χ0n) is 24.6. The highest BCUT2D eigenvalue weighted by Crippen LogP contribution is 2.35. The number of fused-ring (bicyclic) bond motifs is 6. The standard InChI is InChI=1S/C42H29NOSi/c1-4-14-31(15-5-1)45(32-16-6-2-7-17-32,33-18-8-3-9-19-33)34-25-27-42-38(29-34)37-28-30(24-26-41(37)44-42)43-39-22-12-10-20-35(39)36-21-11-13-23-40(36)43/h1-29H/q-1. The molecule has 0 atom stereocenters. The molecule has 45 heavy (non-hydrogen) atoms. The molecule has 0 aliphatic heterocycles. The van der Waals surface area contributed by atoms with Crippen LogP contribution in [0.5, 0.6) is 0 Å². The Bertz CT molecular complexity index is 2330. The van der Waals surface area contributed by atoms with Crippen molar-refractivity contribution < 1.29 is 4.42 Å². The molecule has 0 unspecified atom stereocenters. The minimum absolute atomic E-state index is 0.901. The summed E-state index contributed by atoms with van der Waals surface area (Å²) in [6, 6.07) is 64.1. The number of hydrogen-bond donors (Lipinski definition) is 0. The molecule has 0 N–H and O–H groups in total. The van der Waals surface area contributed by atoms with Crippen molar-refractivity contribution >= 4 is 72.6 Å². The lowest BCUT2D eigenvalue weighted by Crippen LogP contribution is -2.74. The molecular weight excluding hydrogens is 563 g/mol. The minimum Gasteiger partial charge on any atom is -0.456 e. The van der Waals surface area contributed by atoms with Crippen molar-refractivity contribution in [1.29, 1.82) is 0 Å². The van der Waals surface area contributed by atoms with E-state index >= 15 is 0 Å². The predicted molar refractivity (Wildman–Crippen MR) is 192 cm³/mol. The van der Waals surface area contributed by atoms with Crippen LogP contribution in [0.25, 0.3) is 49.4 Å². The number of hydrogen-bond acceptors (Lipinski definition) is 1. The zero-order valence-corrected chi connectivity index (χ0v) is 25.6. The molecular formula is C42H29NOSi-. The van der Waals surface area contributed by atoms with Crippen molar-refractivity contribution in [3.63, 3.8) is 0 Å². The van der Waals surface area contributed by atoms with Crippen LogP contribution in [0.3, 0.4) is 0 Å². The highest BCUT2D eigenvalue weighted by atomic mass is 28.3. The van der Waals surface area contributed by atoms with Gasteiger partial charge in [0, 0.05) is 27.2 Å². The summed E-state index contributed by atoms with van der Waals surface area (Å²) in [4.78, 5) is 0. The number of benzene rings is 7. The van der Waals surface area contributed by atoms with E-state index in [4.69, 9.17) is 4.42 Å². The van der Waals surface area contributed by atoms with Gasteiger partial charge in [0.25, 0.3) is 0 Å². The third kappa shape index (κ3) is 3.88. The topological polar surface area (TPSA) is 18.1 Å². The summed E-state index contributed by atoms with van der Waals surface area (Å²) >= 11 is 0. The molecule has 2 nitrogen and oxygen atoms in total. The van der Waals surface area contributed by atoms with E-state index in [-0.39, 0.29) is 0 Å². The van der Waals surface area contributed by atoms with E-state index in [2.05, 4.69) is 180 Å². The number of nitrogens with zero attached hydrogens (tertiary/aromatic N) is 1. The molecule has 0 bridgehead atoms. The number of rotatable bonds is 5. The summed E-state index contributed by atoms with van der Waals surface area (Å²) in [7, 11) is -2.66. The maximum atomic E-state index is 6.49. The van der Waals surface area contributed by atoms with Gasteiger partial charge in [-0.15, -0.1) is 0 Å². The van der Waals surface area contributed by atoms with Crippen molar-refractivity contribution in [1.82, 2.24) is 4.57 Å². The van der Waals surface area contributed by atoms with E-state index < -0.39 is 8.07 Å². The molecule has 3 heteroatoms. The monoisotopic (exact) mass is 591 g/mol. The molecule has 213 valence electrons. The Morgan fingerprint density at radius 2 is 0.800 bits per heavy atom. The van der Waals surface area contributed by atoms with E-state index in [0.717, 1.165) is 27.6 Å². The van der Waals surface area contributed by atoms with Gasteiger partial charge in [-0.3, -0.25) is 0 Å². The van der Waals surface area contributed by atoms with E-state index in [0.29, 0.717) is 0 Å². The third-order valence-electron chi connectivity index (χ3n) is 9.34. The average molecular weight is 592 g/mol. The maximum absolute atomic E-state index is 6.49. The van der Waals surface area contributed by atoms with Crippen LogP contribution < -0.4 is 20.7 Å². The lowest BCUT2D eigenvalue weighted by Gasteiger charge is -2.47. The Hall–Kier alpha value is -5.64. The van der Waals surface area contributed by atoms with Crippen molar-refractivity contribution in [2.45, 2.75) is 0 Å². The van der Waals surface area contributed by atoms with E-state index in [1.165, 1.54) is 42.6 Å². The second-order valence-corrected chi connectivity index (χ2v) is 15.5. The van der Waals surface area contributed by atoms with E-state index in [1.807, 2.05) is 0 Å². The first-order valence-corrected chi connectivity index (χ1v) is 17.4. The van der Waals surface area contributed by atoms with Crippen molar-refractivity contribution in [2.75, 3.05) is 0 Å². The average Bonchev–Trinajstić information content (AvgIpc) is 3.65. The molecule has 2 heterocycles. The van der Waals surface area contributed by atoms with Gasteiger partial charge in [-0.05, 0) is 44.5 Å². The Balaban J connectivity index is 1.34. The van der Waals surface area contributed by atoms with Crippen LogP contribution in [0.15, 0.2) is 180 Å². The first-order valence-electron chi connectivity index (χ1n) is 15.4. The fourth-order valence-corrected chi connectivity index (χ4v) is 12.2. The smallest absolute Gasteiger partial charge is 0.135 e. The molecule has 0 aliphatic carbocycles. The SMILES string of the molecule is c1ccc([Si-](c2ccccc2)(c2ccccc2)c2ccc3oc4ccc(-n5c6ccccc6c6ccccc65)cc4c3c2)cc1. The van der Waals surface area contributed by atoms with E-state index in [9.17, 15) is 0 Å². The lowest BCUT2D eigenvalue weighted by atomic mass is 10.1. The van der Waals surface area contributed by atoms with E-state index in [1.54, 1.807) is 0 Å². The molecule has 0 aliphatic rings. The number of aromatic nitrogens is 1. The largest absolute Gasteiger partial charge is 0.456 e. The molecule has 0 saturated carbocycles. The summed E-state index contributed by atoms with van der Waals surface area (Å²) in [5.74, 6) is 0. The molecule has 9 aromatic rings. The molecule has 0 fully saturated rings. The van der Waals surface area contributed by atoms with Crippen molar-refractivity contribution in [3.8, 4) is 5.69 Å². The molecule has 0 radical (unpaired) electrons. The van der Waals surface area contributed by atoms with Gasteiger partial charge in [0.2, 0.25) is 0 Å². The third-order valence-corrected chi connectivity index (χ3v) is 14.1. The molecule has 7 aromatic carbocycles. The summed E-state index contributed by atoms with van der Waals surface area (Å²) in [5, 5.41) is 10.2. The Kier molecular flexibility index (Phi) is 5.87. The van der Waals surface area contributed by atoms with Gasteiger partial charge in [-0.25, -0.2) is 0 Å². The summed E-state index contributed by atoms with van der Waals surface area (Å²) in [6.45, 7) is 0. The van der Waals surface area contributed by atoms with Crippen LogP contribution in [-0.4, -0.2) is 12.6 Å². The van der Waals surface area contributed by atoms with Crippen LogP contribution in [0, 0.1) is 0 Å². The molecule has 9 rings (SSSR count). The lowest BCUT2D eigenvalue weighted by molar-refractivity contribution is 0.669. The molecule has 2 aromatic heterocycles. The zero-order chi connectivity index (χ0) is 29.8. The summed E-state index contributed by atoms with van der Waals surface area (Å²) in [5.41, 5.74) is 5.35. The highest BCUT2D eigenvalue weighted by Gasteiger charge is 2.28. The van der Waals surface area contributed by atoms with Gasteiger partial charge < -0.3 is 8.98 Å². The fraction of sp³-hybridized carbons (Fsp3) is 0. The first-order chi connectivity index (χ1) is 22.3. The van der Waals surface area contributed by atoms with Gasteiger partial charge in [-0.1, -0.05) is 140 Å². The Morgan fingerprint density at radius 3 is 1.33 bits per heavy atom. The normalized spacial score (nSPS) is 12.0. The van der Waals surface area contributed by atoms with Gasteiger partial charge in [-0.2, -0.15) is 20.7 Å². The fourth-order valence-electron chi connectivity index (χ4n) is 7.40. The van der Waals surface area contributed by atoms with Crippen molar-refractivity contribution in [2.24, 2.45) is 0 Å². The molecule has 0 spiro atoms. The van der Waals surface area contributed by atoms with Gasteiger partial charge >= 0.3 is 0 Å². The van der Waals surface area contributed by atoms with Crippen LogP contribution in [0.2, 0.25) is 0 Å². The predicted octanol–water partition coefficient (Wildman–Crippen LogP) is 8.06. The van der Waals surface area contributed by atoms with Gasteiger partial charge in [0.1, 0.15) is 11.2 Å². The van der Waals surface area contributed by atoms with Crippen LogP contribution in [0.1, 0.15) is 0 Å². The molecule has 0 saturated heterocycles. The second kappa shape index (κ2) is 10.2. The van der Waals surface area contributed by atoms with Gasteiger partial charge in [0.05, 0.1) is 11.0 Å².